The van der Waals surface area contributed by atoms with Gasteiger partial charge < -0.3 is 10.3 Å². The molecule has 3 nitrogen and oxygen atoms in total. The van der Waals surface area contributed by atoms with Crippen LogP contribution in [-0.2, 0) is 12.0 Å². The van der Waals surface area contributed by atoms with Crippen LogP contribution in [0.25, 0.3) is 33.4 Å². The molecule has 2 heterocycles. The van der Waals surface area contributed by atoms with Crippen LogP contribution in [0.4, 0.5) is 17.1 Å². The zero-order valence-electron chi connectivity index (χ0n) is 38.6. The third-order valence-electron chi connectivity index (χ3n) is 15.2. The summed E-state index contributed by atoms with van der Waals surface area (Å²) in [5.41, 5.74) is 22.6. The topological polar surface area (TPSA) is 30.1 Å². The molecule has 0 amide bonds. The number of nitrogens with one attached hydrogen (secondary N) is 1. The molecule has 4 atom stereocenters. The normalized spacial score (nSPS) is 19.1. The van der Waals surface area contributed by atoms with Crippen molar-refractivity contribution in [3.63, 3.8) is 0 Å². The van der Waals surface area contributed by atoms with Crippen LogP contribution in [-0.4, -0.2) is 16.7 Å². The molecule has 13 rings (SSSR count). The molecule has 69 heavy (non-hydrogen) atoms. The number of hydrogen-bond acceptors (Lipinski definition) is 3. The van der Waals surface area contributed by atoms with E-state index in [4.69, 9.17) is 0 Å². The van der Waals surface area contributed by atoms with Crippen molar-refractivity contribution in [2.24, 2.45) is 5.92 Å². The SMILES string of the molecule is CC1C=CC(c2cccc(CN3C(C(=N)c4ccc(-c5ccccc5)cc4)C3c3ccccc3)c2)=C(c2ccc3c(c2)C2(c4ccccc4-3)c3ccccc3N(c3ccccc3)c3ccccc32)C1. The predicted octanol–water partition coefficient (Wildman–Crippen LogP) is 16.0. The predicted molar refractivity (Wildman–Crippen MR) is 285 cm³/mol. The zero-order chi connectivity index (χ0) is 46.1. The number of nitrogens with zero attached hydrogens (tertiary/aromatic N) is 2. The number of hydrogen-bond donors (Lipinski definition) is 1. The lowest BCUT2D eigenvalue weighted by atomic mass is 9.64. The second-order valence-corrected chi connectivity index (χ2v) is 19.2. The molecule has 1 N–H and O–H groups in total. The van der Waals surface area contributed by atoms with Gasteiger partial charge in [0.2, 0.25) is 0 Å². The Hall–Kier alpha value is -8.11. The first kappa shape index (κ1) is 41.1. The maximum Gasteiger partial charge on any atom is 0.0754 e. The Labute approximate surface area is 405 Å². The summed E-state index contributed by atoms with van der Waals surface area (Å²) in [4.78, 5) is 4.95. The first-order valence-corrected chi connectivity index (χ1v) is 24.4. The molecule has 3 heteroatoms. The zero-order valence-corrected chi connectivity index (χ0v) is 38.6. The van der Waals surface area contributed by atoms with Gasteiger partial charge in [0.15, 0.2) is 0 Å². The van der Waals surface area contributed by atoms with Crippen molar-refractivity contribution in [2.45, 2.75) is 37.4 Å². The molecule has 1 fully saturated rings. The Morgan fingerprint density at radius 3 is 1.83 bits per heavy atom. The Balaban J connectivity index is 0.891. The van der Waals surface area contributed by atoms with E-state index < -0.39 is 5.41 Å². The maximum absolute atomic E-state index is 9.58. The van der Waals surface area contributed by atoms with Crippen LogP contribution in [0.1, 0.15) is 69.5 Å². The first-order valence-electron chi connectivity index (χ1n) is 24.4. The summed E-state index contributed by atoms with van der Waals surface area (Å²) in [7, 11) is 0. The second-order valence-electron chi connectivity index (χ2n) is 19.2. The summed E-state index contributed by atoms with van der Waals surface area (Å²) in [5.74, 6) is 0.402. The highest BCUT2D eigenvalue weighted by atomic mass is 15.4. The number of allylic oxidation sites excluding steroid dienone is 4. The summed E-state index contributed by atoms with van der Waals surface area (Å²) in [6.07, 6.45) is 5.72. The van der Waals surface area contributed by atoms with Gasteiger partial charge in [-0.2, -0.15) is 0 Å². The summed E-state index contributed by atoms with van der Waals surface area (Å²) >= 11 is 0. The fourth-order valence-electron chi connectivity index (χ4n) is 12.1. The van der Waals surface area contributed by atoms with Gasteiger partial charge in [0, 0.05) is 12.2 Å². The molecular weight excluding hydrogens is 835 g/mol. The minimum Gasteiger partial charge on any atom is -0.310 e. The number of anilines is 3. The molecule has 2 aliphatic heterocycles. The van der Waals surface area contributed by atoms with Gasteiger partial charge in [-0.3, -0.25) is 4.90 Å². The third-order valence-corrected chi connectivity index (χ3v) is 15.2. The third kappa shape index (κ3) is 6.71. The fourth-order valence-corrected chi connectivity index (χ4v) is 12.1. The molecule has 4 aliphatic rings. The Morgan fingerprint density at radius 1 is 0.522 bits per heavy atom. The van der Waals surface area contributed by atoms with Crippen LogP contribution in [0.5, 0.6) is 0 Å². The van der Waals surface area contributed by atoms with Crippen molar-refractivity contribution < 1.29 is 0 Å². The Morgan fingerprint density at radius 2 is 1.10 bits per heavy atom. The lowest BCUT2D eigenvalue weighted by molar-refractivity contribution is 0.497. The van der Waals surface area contributed by atoms with Gasteiger partial charge in [-0.05, 0) is 132 Å². The fraction of sp³-hybridized carbons (Fsp3) is 0.106. The van der Waals surface area contributed by atoms with Gasteiger partial charge in [0.25, 0.3) is 0 Å². The van der Waals surface area contributed by atoms with Gasteiger partial charge in [0.05, 0.1) is 34.6 Å². The first-order chi connectivity index (χ1) is 34.1. The van der Waals surface area contributed by atoms with E-state index in [1.54, 1.807) is 0 Å². The van der Waals surface area contributed by atoms with Crippen molar-refractivity contribution in [3.8, 4) is 22.3 Å². The van der Waals surface area contributed by atoms with Crippen molar-refractivity contribution in [2.75, 3.05) is 4.90 Å². The molecule has 9 aromatic rings. The van der Waals surface area contributed by atoms with Gasteiger partial charge in [-0.1, -0.05) is 213 Å². The Bertz CT molecular complexity index is 3450. The molecule has 4 unspecified atom stereocenters. The summed E-state index contributed by atoms with van der Waals surface area (Å²) in [6, 6.07) is 84.6. The molecule has 1 saturated heterocycles. The minimum absolute atomic E-state index is 0.0125. The lowest BCUT2D eigenvalue weighted by Gasteiger charge is -2.45. The highest BCUT2D eigenvalue weighted by Crippen LogP contribution is 2.63. The molecule has 2 aliphatic carbocycles. The van der Waals surface area contributed by atoms with Crippen LogP contribution in [0.2, 0.25) is 0 Å². The van der Waals surface area contributed by atoms with Crippen molar-refractivity contribution in [3.05, 3.63) is 293 Å². The van der Waals surface area contributed by atoms with Crippen molar-refractivity contribution in [1.29, 1.82) is 5.41 Å². The molecular formula is C66H51N3. The average Bonchev–Trinajstić information content (AvgIpc) is 4.05. The van der Waals surface area contributed by atoms with Gasteiger partial charge in [-0.25, -0.2) is 0 Å². The standard InChI is InChI=1S/C66H51N3/c1-44-32-38-53(50-23-17-18-45(41-50)43-68-64(49-21-7-3-8-22-49)65(68)63(67)48-35-33-47(34-36-48)46-19-5-2-6-20-46)56(40-44)51-37-39-55-54-26-11-12-27-57(54)66(60(55)42-51)58-28-13-15-30-61(58)69(52-24-9-4-10-25-52)62-31-16-14-29-59(62)66/h2-39,41-42,44,64-65,67H,40,43H2,1H3. The number of fused-ring (bicyclic) bond motifs is 9. The molecule has 330 valence electrons. The number of rotatable bonds is 9. The van der Waals surface area contributed by atoms with Crippen molar-refractivity contribution >= 4 is 33.9 Å². The van der Waals surface area contributed by atoms with E-state index >= 15 is 0 Å². The number of benzene rings is 9. The van der Waals surface area contributed by atoms with E-state index in [0.717, 1.165) is 24.2 Å². The largest absolute Gasteiger partial charge is 0.310 e. The molecule has 0 aromatic heterocycles. The summed E-state index contributed by atoms with van der Waals surface area (Å²) in [6.45, 7) is 3.10. The molecule has 1 spiro atoms. The van der Waals surface area contributed by atoms with Gasteiger partial charge in [0.1, 0.15) is 0 Å². The minimum atomic E-state index is -0.515. The summed E-state index contributed by atoms with van der Waals surface area (Å²) in [5, 5.41) is 9.58. The van der Waals surface area contributed by atoms with E-state index in [1.165, 1.54) is 89.3 Å². The molecule has 9 aromatic carbocycles. The van der Waals surface area contributed by atoms with Gasteiger partial charge >= 0.3 is 0 Å². The van der Waals surface area contributed by atoms with E-state index in [2.05, 4.69) is 253 Å². The van der Waals surface area contributed by atoms with E-state index in [0.29, 0.717) is 11.6 Å². The van der Waals surface area contributed by atoms with Crippen molar-refractivity contribution in [1.82, 2.24) is 4.90 Å². The molecule has 0 radical (unpaired) electrons. The van der Waals surface area contributed by atoms with Crippen LogP contribution in [0, 0.1) is 11.3 Å². The lowest BCUT2D eigenvalue weighted by Crippen LogP contribution is -2.36. The smallest absolute Gasteiger partial charge is 0.0754 e. The second kappa shape index (κ2) is 16.6. The van der Waals surface area contributed by atoms with E-state index in [1.807, 2.05) is 6.07 Å². The number of para-hydroxylation sites is 3. The highest BCUT2D eigenvalue weighted by molar-refractivity contribution is 6.05. The molecule has 0 bridgehead atoms. The molecule has 0 saturated carbocycles. The maximum atomic E-state index is 9.58. The van der Waals surface area contributed by atoms with Crippen LogP contribution in [0.15, 0.2) is 243 Å². The van der Waals surface area contributed by atoms with Crippen LogP contribution in [0.3, 0.4) is 0 Å². The quantitative estimate of drug-likeness (QED) is 0.116. The average molecular weight is 886 g/mol. The van der Waals surface area contributed by atoms with E-state index in [9.17, 15) is 5.41 Å². The highest BCUT2D eigenvalue weighted by Gasteiger charge is 2.53. The van der Waals surface area contributed by atoms with Gasteiger partial charge in [-0.15, -0.1) is 0 Å². The van der Waals surface area contributed by atoms with E-state index in [-0.39, 0.29) is 12.1 Å². The van der Waals surface area contributed by atoms with Crippen LogP contribution >= 0.6 is 0 Å². The Kier molecular flexibility index (Phi) is 9.88. The monoisotopic (exact) mass is 885 g/mol. The summed E-state index contributed by atoms with van der Waals surface area (Å²) < 4.78 is 0. The van der Waals surface area contributed by atoms with Crippen LogP contribution < -0.4 is 4.90 Å².